The molecule has 0 saturated carbocycles. The van der Waals surface area contributed by atoms with Gasteiger partial charge in [-0.1, -0.05) is 48.5 Å². The summed E-state index contributed by atoms with van der Waals surface area (Å²) in [6, 6.07) is 22.3. The zero-order chi connectivity index (χ0) is 27.1. The Morgan fingerprint density at radius 2 is 1.54 bits per heavy atom. The fourth-order valence-corrected chi connectivity index (χ4v) is 6.71. The zero-order valence-electron chi connectivity index (χ0n) is 21.8. The zero-order valence-corrected chi connectivity index (χ0v) is 22.6. The van der Waals surface area contributed by atoms with Gasteiger partial charge in [-0.15, -0.1) is 0 Å². The maximum absolute atomic E-state index is 13.8. The number of halogens is 1. The normalized spacial score (nSPS) is 14.7. The molecule has 0 unspecified atom stereocenters. The van der Waals surface area contributed by atoms with Gasteiger partial charge in [0.25, 0.3) is 0 Å². The number of nitrogens with zero attached hydrogens (tertiary/aromatic N) is 5. The van der Waals surface area contributed by atoms with Crippen molar-refractivity contribution < 1.29 is 12.8 Å². The van der Waals surface area contributed by atoms with Crippen molar-refractivity contribution in [2.24, 2.45) is 0 Å². The van der Waals surface area contributed by atoms with Crippen LogP contribution in [0.4, 0.5) is 10.2 Å². The van der Waals surface area contributed by atoms with Gasteiger partial charge in [-0.05, 0) is 54.8 Å². The van der Waals surface area contributed by atoms with Gasteiger partial charge in [-0.25, -0.2) is 22.8 Å². The summed E-state index contributed by atoms with van der Waals surface area (Å²) in [4.78, 5) is 11.6. The number of piperazine rings is 1. The van der Waals surface area contributed by atoms with Crippen molar-refractivity contribution in [3.8, 4) is 16.8 Å². The van der Waals surface area contributed by atoms with E-state index in [1.807, 2.05) is 30.3 Å². The Morgan fingerprint density at radius 1 is 0.821 bits per heavy atom. The number of anilines is 1. The third-order valence-electron chi connectivity index (χ3n) is 7.33. The van der Waals surface area contributed by atoms with Crippen LogP contribution >= 0.6 is 0 Å². The van der Waals surface area contributed by atoms with Crippen LogP contribution in [0, 0.1) is 19.7 Å². The second-order valence-electron chi connectivity index (χ2n) is 9.76. The topological polar surface area (TPSA) is 71.3 Å². The minimum Gasteiger partial charge on any atom is -0.353 e. The Morgan fingerprint density at radius 3 is 2.26 bits per heavy atom. The third kappa shape index (κ3) is 4.47. The van der Waals surface area contributed by atoms with Crippen molar-refractivity contribution >= 4 is 26.9 Å². The Hall–Kier alpha value is -4.08. The van der Waals surface area contributed by atoms with Gasteiger partial charge < -0.3 is 9.47 Å². The van der Waals surface area contributed by atoms with E-state index in [-0.39, 0.29) is 4.90 Å². The maximum Gasteiger partial charge on any atom is 0.243 e. The highest BCUT2D eigenvalue weighted by Gasteiger charge is 2.31. The number of hydrogen-bond donors (Lipinski definition) is 0. The molecule has 0 atom stereocenters. The second-order valence-corrected chi connectivity index (χ2v) is 11.7. The van der Waals surface area contributed by atoms with Gasteiger partial charge in [0, 0.05) is 43.6 Å². The number of fused-ring (bicyclic) bond motifs is 1. The minimum atomic E-state index is -3.73. The molecule has 1 aliphatic heterocycles. The largest absolute Gasteiger partial charge is 0.353 e. The first-order valence-corrected chi connectivity index (χ1v) is 14.3. The molecule has 6 rings (SSSR count). The number of para-hydroxylation sites is 1. The minimum absolute atomic E-state index is 0.112. The van der Waals surface area contributed by atoms with Crippen molar-refractivity contribution in [2.45, 2.75) is 18.7 Å². The van der Waals surface area contributed by atoms with Crippen molar-refractivity contribution in [1.82, 2.24) is 18.8 Å². The molecule has 39 heavy (non-hydrogen) atoms. The predicted molar refractivity (Wildman–Crippen MR) is 151 cm³/mol. The molecule has 1 saturated heterocycles. The lowest BCUT2D eigenvalue weighted by molar-refractivity contribution is 0.384. The number of aryl methyl sites for hydroxylation is 2. The lowest BCUT2D eigenvalue weighted by Gasteiger charge is -2.35. The van der Waals surface area contributed by atoms with E-state index in [1.54, 1.807) is 13.3 Å². The Labute approximate surface area is 227 Å². The molecule has 0 spiro atoms. The summed E-state index contributed by atoms with van der Waals surface area (Å²) in [6.45, 7) is 5.17. The van der Waals surface area contributed by atoms with Crippen molar-refractivity contribution in [3.05, 3.63) is 102 Å². The third-order valence-corrected chi connectivity index (χ3v) is 9.22. The molecule has 9 heteroatoms. The van der Waals surface area contributed by atoms with E-state index < -0.39 is 15.8 Å². The number of hydrogen-bond acceptors (Lipinski definition) is 5. The van der Waals surface area contributed by atoms with Crippen LogP contribution in [0.2, 0.25) is 0 Å². The molecule has 0 amide bonds. The Kier molecular flexibility index (Phi) is 6.40. The van der Waals surface area contributed by atoms with Crippen LogP contribution in [0.5, 0.6) is 0 Å². The average Bonchev–Trinajstić information content (AvgIpc) is 3.35. The molecular formula is C30H28FN5O2S. The van der Waals surface area contributed by atoms with Gasteiger partial charge in [0.1, 0.15) is 18.0 Å². The van der Waals surface area contributed by atoms with E-state index in [9.17, 15) is 12.8 Å². The summed E-state index contributed by atoms with van der Waals surface area (Å²) in [6.07, 6.45) is 3.68. The van der Waals surface area contributed by atoms with Crippen LogP contribution in [0.25, 0.3) is 27.8 Å². The number of aromatic nitrogens is 3. The molecule has 0 radical (unpaired) electrons. The van der Waals surface area contributed by atoms with E-state index >= 15 is 0 Å². The van der Waals surface area contributed by atoms with Crippen LogP contribution in [0.1, 0.15) is 11.1 Å². The molecule has 0 bridgehead atoms. The van der Waals surface area contributed by atoms with Gasteiger partial charge in [0.2, 0.25) is 10.0 Å². The molecule has 7 nitrogen and oxygen atoms in total. The van der Waals surface area contributed by atoms with Gasteiger partial charge in [0.15, 0.2) is 5.65 Å². The van der Waals surface area contributed by atoms with E-state index in [2.05, 4.69) is 46.9 Å². The molecule has 0 N–H and O–H groups in total. The molecule has 1 aliphatic rings. The SMILES string of the molecule is Cc1cc(S(=O)(=O)N2CCN(c3ncnc4c3c(-c3ccccc3)cn4-c3ccccc3C)CC2)ccc1F. The quantitative estimate of drug-likeness (QED) is 0.300. The second kappa shape index (κ2) is 9.91. The average molecular weight is 542 g/mol. The fraction of sp³-hybridized carbons (Fsp3) is 0.200. The lowest BCUT2D eigenvalue weighted by atomic mass is 10.1. The maximum atomic E-state index is 13.8. The molecule has 2 aromatic heterocycles. The van der Waals surface area contributed by atoms with Gasteiger partial charge in [0.05, 0.1) is 10.3 Å². The van der Waals surface area contributed by atoms with Gasteiger partial charge in [-0.2, -0.15) is 4.31 Å². The molecule has 5 aromatic rings. The first-order valence-electron chi connectivity index (χ1n) is 12.8. The first kappa shape index (κ1) is 25.2. The number of sulfonamides is 1. The van der Waals surface area contributed by atoms with Crippen LogP contribution in [-0.4, -0.2) is 53.4 Å². The monoisotopic (exact) mass is 541 g/mol. The lowest BCUT2D eigenvalue weighted by Crippen LogP contribution is -2.49. The molecule has 3 heterocycles. The number of rotatable bonds is 5. The van der Waals surface area contributed by atoms with Crippen molar-refractivity contribution in [3.63, 3.8) is 0 Å². The summed E-state index contributed by atoms with van der Waals surface area (Å²) >= 11 is 0. The van der Waals surface area contributed by atoms with E-state index in [0.717, 1.165) is 39.2 Å². The highest BCUT2D eigenvalue weighted by atomic mass is 32.2. The highest BCUT2D eigenvalue weighted by Crippen LogP contribution is 2.37. The van der Waals surface area contributed by atoms with Gasteiger partial charge in [-0.3, -0.25) is 0 Å². The fourth-order valence-electron chi connectivity index (χ4n) is 5.21. The smallest absolute Gasteiger partial charge is 0.243 e. The summed E-state index contributed by atoms with van der Waals surface area (Å²) in [7, 11) is -3.73. The van der Waals surface area contributed by atoms with E-state index in [1.165, 1.54) is 22.5 Å². The molecule has 1 fully saturated rings. The molecular weight excluding hydrogens is 513 g/mol. The van der Waals surface area contributed by atoms with E-state index in [0.29, 0.717) is 31.7 Å². The number of benzene rings is 3. The Balaban J connectivity index is 1.39. The van der Waals surface area contributed by atoms with Crippen LogP contribution in [0.3, 0.4) is 0 Å². The van der Waals surface area contributed by atoms with Crippen LogP contribution < -0.4 is 4.90 Å². The van der Waals surface area contributed by atoms with Crippen molar-refractivity contribution in [1.29, 1.82) is 0 Å². The summed E-state index contributed by atoms with van der Waals surface area (Å²) in [5, 5.41) is 0.928. The van der Waals surface area contributed by atoms with Crippen LogP contribution in [-0.2, 0) is 10.0 Å². The van der Waals surface area contributed by atoms with Crippen LogP contribution in [0.15, 0.2) is 90.2 Å². The first-order chi connectivity index (χ1) is 18.8. The van der Waals surface area contributed by atoms with Gasteiger partial charge >= 0.3 is 0 Å². The summed E-state index contributed by atoms with van der Waals surface area (Å²) < 4.78 is 43.9. The summed E-state index contributed by atoms with van der Waals surface area (Å²) in [5.41, 5.74) is 5.35. The van der Waals surface area contributed by atoms with Crippen molar-refractivity contribution in [2.75, 3.05) is 31.1 Å². The summed E-state index contributed by atoms with van der Waals surface area (Å²) in [5.74, 6) is 0.360. The molecule has 0 aliphatic carbocycles. The van der Waals surface area contributed by atoms with E-state index in [4.69, 9.17) is 9.97 Å². The predicted octanol–water partition coefficient (Wildman–Crippen LogP) is 5.35. The standard InChI is InChI=1S/C30H28FN5O2S/c1-21-8-6-7-11-27(21)36-19-25(23-9-4-3-5-10-23)28-29(32-20-33-30(28)36)34-14-16-35(17-15-34)39(37,38)24-12-13-26(31)22(2)18-24/h3-13,18-20H,14-17H2,1-2H3. The molecule has 3 aromatic carbocycles. The highest BCUT2D eigenvalue weighted by molar-refractivity contribution is 7.89. The molecule has 198 valence electrons. The Bertz CT molecular complexity index is 1780.